The second-order valence-electron chi connectivity index (χ2n) is 8.30. The van der Waals surface area contributed by atoms with E-state index in [1.54, 1.807) is 0 Å². The maximum Gasteiger partial charge on any atom is 0.129 e. The normalized spacial score (nSPS) is 26.2. The number of rotatable bonds is 6. The molecule has 0 aromatic carbocycles. The Morgan fingerprint density at radius 2 is 1.92 bits per heavy atom. The topological polar surface area (TPSA) is 89.9 Å². The third kappa shape index (κ3) is 3.81. The van der Waals surface area contributed by atoms with E-state index in [-0.39, 0.29) is 12.1 Å². The average molecular weight is 355 g/mol. The number of hydrogen-bond donors (Lipinski definition) is 2. The van der Waals surface area contributed by atoms with Gasteiger partial charge in [-0.25, -0.2) is 9.97 Å². The van der Waals surface area contributed by atoms with Crippen molar-refractivity contribution >= 4 is 0 Å². The highest BCUT2D eigenvalue weighted by Gasteiger charge is 2.31. The Balaban J connectivity index is 1.47. The molecule has 2 aliphatic rings. The van der Waals surface area contributed by atoms with E-state index >= 15 is 0 Å². The zero-order valence-corrected chi connectivity index (χ0v) is 15.6. The van der Waals surface area contributed by atoms with Crippen LogP contribution in [0.5, 0.6) is 0 Å². The van der Waals surface area contributed by atoms with Crippen LogP contribution in [0.25, 0.3) is 11.3 Å². The molecule has 0 unspecified atom stereocenters. The van der Waals surface area contributed by atoms with Gasteiger partial charge < -0.3 is 10.8 Å². The summed E-state index contributed by atoms with van der Waals surface area (Å²) in [5.74, 6) is 2.27. The van der Waals surface area contributed by atoms with E-state index in [2.05, 4.69) is 10.1 Å². The summed E-state index contributed by atoms with van der Waals surface area (Å²) in [5, 5.41) is 13.9. The minimum absolute atomic E-state index is 0.0798. The lowest BCUT2D eigenvalue weighted by Crippen LogP contribution is -2.46. The predicted octanol–water partition coefficient (Wildman–Crippen LogP) is 2.25. The van der Waals surface area contributed by atoms with E-state index < -0.39 is 0 Å². The third-order valence-corrected chi connectivity index (χ3v) is 6.11. The highest BCUT2D eigenvalue weighted by atomic mass is 16.3. The summed E-state index contributed by atoms with van der Waals surface area (Å²) < 4.78 is 1.99. The maximum absolute atomic E-state index is 9.43. The fraction of sp³-hybridized carbons (Fsp3) is 0.650. The second-order valence-corrected chi connectivity index (χ2v) is 8.30. The monoisotopic (exact) mass is 355 g/mol. The first-order valence-electron chi connectivity index (χ1n) is 9.79. The summed E-state index contributed by atoms with van der Waals surface area (Å²) in [5.41, 5.74) is 9.22. The van der Waals surface area contributed by atoms with Crippen molar-refractivity contribution in [2.24, 2.45) is 24.6 Å². The highest BCUT2D eigenvalue weighted by Crippen LogP contribution is 2.35. The molecule has 0 radical (unpaired) electrons. The Bertz CT molecular complexity index is 759. The lowest BCUT2D eigenvalue weighted by atomic mass is 9.76. The molecule has 2 aliphatic carbocycles. The number of nitrogens with zero attached hydrogens (tertiary/aromatic N) is 4. The van der Waals surface area contributed by atoms with E-state index in [1.807, 2.05) is 30.2 Å². The summed E-state index contributed by atoms with van der Waals surface area (Å²) in [4.78, 5) is 9.36. The first kappa shape index (κ1) is 17.6. The van der Waals surface area contributed by atoms with Gasteiger partial charge in [-0.15, -0.1) is 0 Å². The quantitative estimate of drug-likeness (QED) is 0.829. The number of aromatic nitrogens is 4. The molecule has 2 aromatic rings. The van der Waals surface area contributed by atoms with Gasteiger partial charge >= 0.3 is 0 Å². The van der Waals surface area contributed by atoms with Crippen molar-refractivity contribution in [3.63, 3.8) is 0 Å². The molecule has 0 amide bonds. The average Bonchev–Trinajstić information content (AvgIpc) is 3.40. The van der Waals surface area contributed by atoms with Gasteiger partial charge in [0.2, 0.25) is 0 Å². The number of aliphatic hydroxyl groups excluding tert-OH is 1. The Kier molecular flexibility index (Phi) is 4.80. The second kappa shape index (κ2) is 7.08. The van der Waals surface area contributed by atoms with Gasteiger partial charge in [0.05, 0.1) is 18.5 Å². The molecule has 3 N–H and O–H groups in total. The zero-order chi connectivity index (χ0) is 18.1. The lowest BCUT2D eigenvalue weighted by molar-refractivity contribution is 0.135. The first-order chi connectivity index (χ1) is 12.6. The maximum atomic E-state index is 9.43. The van der Waals surface area contributed by atoms with Gasteiger partial charge in [0.15, 0.2) is 0 Å². The van der Waals surface area contributed by atoms with Crippen LogP contribution in [-0.2, 0) is 19.9 Å². The van der Waals surface area contributed by atoms with Crippen LogP contribution in [0, 0.1) is 11.8 Å². The van der Waals surface area contributed by atoms with Crippen LogP contribution in [0.4, 0.5) is 0 Å². The van der Waals surface area contributed by atoms with Crippen LogP contribution in [0.3, 0.4) is 0 Å². The molecule has 0 atom stereocenters. The van der Waals surface area contributed by atoms with Crippen molar-refractivity contribution in [2.75, 3.05) is 6.61 Å². The molecule has 140 valence electrons. The minimum atomic E-state index is -0.382. The summed E-state index contributed by atoms with van der Waals surface area (Å²) in [6.45, 7) is 0.0798. The molecule has 0 spiro atoms. The van der Waals surface area contributed by atoms with Crippen molar-refractivity contribution < 1.29 is 5.11 Å². The standard InChI is InChI=1S/C20H29N5O/c1-25-18(10-14-2-3-14)16(12-23-25)17-6-9-22-19(24-17)11-15-4-7-20(21,13-26)8-5-15/h6,9,12,14-15,26H,2-5,7-8,10-11,13,21H2,1H3. The van der Waals surface area contributed by atoms with E-state index in [0.717, 1.165) is 61.5 Å². The van der Waals surface area contributed by atoms with Gasteiger partial charge in [0, 0.05) is 36.5 Å². The van der Waals surface area contributed by atoms with Gasteiger partial charge in [-0.1, -0.05) is 0 Å². The largest absolute Gasteiger partial charge is 0.394 e. The van der Waals surface area contributed by atoms with Crippen LogP contribution in [-0.4, -0.2) is 37.0 Å². The van der Waals surface area contributed by atoms with Crippen molar-refractivity contribution in [1.29, 1.82) is 0 Å². The van der Waals surface area contributed by atoms with Crippen molar-refractivity contribution in [2.45, 2.75) is 56.9 Å². The molecule has 26 heavy (non-hydrogen) atoms. The van der Waals surface area contributed by atoms with Crippen molar-refractivity contribution in [3.05, 3.63) is 30.0 Å². The minimum Gasteiger partial charge on any atom is -0.394 e. The van der Waals surface area contributed by atoms with Crippen molar-refractivity contribution in [1.82, 2.24) is 19.7 Å². The molecular formula is C20H29N5O. The molecule has 2 heterocycles. The first-order valence-corrected chi connectivity index (χ1v) is 9.79. The van der Waals surface area contributed by atoms with E-state index in [9.17, 15) is 5.11 Å². The van der Waals surface area contributed by atoms with Gasteiger partial charge in [-0.05, 0) is 62.8 Å². The highest BCUT2D eigenvalue weighted by molar-refractivity contribution is 5.61. The summed E-state index contributed by atoms with van der Waals surface area (Å²) >= 11 is 0. The fourth-order valence-corrected chi connectivity index (χ4v) is 4.03. The molecule has 2 aromatic heterocycles. The Morgan fingerprint density at radius 3 is 2.62 bits per heavy atom. The van der Waals surface area contributed by atoms with E-state index in [0.29, 0.717) is 5.92 Å². The van der Waals surface area contributed by atoms with E-state index in [1.165, 1.54) is 18.5 Å². The zero-order valence-electron chi connectivity index (χ0n) is 15.6. The van der Waals surface area contributed by atoms with Crippen LogP contribution in [0.1, 0.15) is 50.0 Å². The predicted molar refractivity (Wildman–Crippen MR) is 100 cm³/mol. The lowest BCUT2D eigenvalue weighted by Gasteiger charge is -2.35. The van der Waals surface area contributed by atoms with Crippen LogP contribution in [0.2, 0.25) is 0 Å². The van der Waals surface area contributed by atoms with Crippen LogP contribution >= 0.6 is 0 Å². The SMILES string of the molecule is Cn1ncc(-c2ccnc(CC3CCC(N)(CO)CC3)n2)c1CC1CC1. The molecule has 6 heteroatoms. The third-order valence-electron chi connectivity index (χ3n) is 6.11. The Labute approximate surface area is 154 Å². The van der Waals surface area contributed by atoms with Gasteiger partial charge in [0.1, 0.15) is 5.82 Å². The molecule has 2 saturated carbocycles. The van der Waals surface area contributed by atoms with E-state index in [4.69, 9.17) is 10.7 Å². The number of aryl methyl sites for hydroxylation is 1. The smallest absolute Gasteiger partial charge is 0.129 e. The Morgan fingerprint density at radius 1 is 1.19 bits per heavy atom. The number of aliphatic hydroxyl groups is 1. The summed E-state index contributed by atoms with van der Waals surface area (Å²) in [6, 6.07) is 1.99. The molecular weight excluding hydrogens is 326 g/mol. The molecule has 4 rings (SSSR count). The molecule has 0 aliphatic heterocycles. The summed E-state index contributed by atoms with van der Waals surface area (Å²) in [7, 11) is 2.02. The summed E-state index contributed by atoms with van der Waals surface area (Å²) in [6.07, 6.45) is 12.3. The molecule has 2 fully saturated rings. The van der Waals surface area contributed by atoms with Crippen molar-refractivity contribution in [3.8, 4) is 11.3 Å². The van der Waals surface area contributed by atoms with Gasteiger partial charge in [0.25, 0.3) is 0 Å². The number of hydrogen-bond acceptors (Lipinski definition) is 5. The molecule has 0 bridgehead atoms. The molecule has 0 saturated heterocycles. The van der Waals surface area contributed by atoms with Crippen LogP contribution in [0.15, 0.2) is 18.5 Å². The fourth-order valence-electron chi connectivity index (χ4n) is 4.03. The number of nitrogens with two attached hydrogens (primary N) is 1. The van der Waals surface area contributed by atoms with Gasteiger partial charge in [-0.3, -0.25) is 4.68 Å². The van der Waals surface area contributed by atoms with Gasteiger partial charge in [-0.2, -0.15) is 5.10 Å². The Hall–Kier alpha value is -1.79. The van der Waals surface area contributed by atoms with Crippen LogP contribution < -0.4 is 5.73 Å². The molecule has 6 nitrogen and oxygen atoms in total.